The van der Waals surface area contributed by atoms with E-state index in [1.165, 1.54) is 28.8 Å². The van der Waals surface area contributed by atoms with Crippen LogP contribution in [0.2, 0.25) is 0 Å². The van der Waals surface area contributed by atoms with E-state index in [2.05, 4.69) is 85.1 Å². The molecule has 5 heteroatoms. The molecule has 0 spiro atoms. The summed E-state index contributed by atoms with van der Waals surface area (Å²) >= 11 is 0. The van der Waals surface area contributed by atoms with E-state index >= 15 is 0 Å². The van der Waals surface area contributed by atoms with Crippen molar-refractivity contribution in [3.05, 3.63) is 173 Å². The van der Waals surface area contributed by atoms with Gasteiger partial charge in [0.05, 0.1) is 5.58 Å². The van der Waals surface area contributed by atoms with Gasteiger partial charge in [0, 0.05) is 54.5 Å². The van der Waals surface area contributed by atoms with E-state index in [4.69, 9.17) is 15.4 Å². The molecule has 8 aromatic rings. The Kier molecular flexibility index (Phi) is 9.55. The van der Waals surface area contributed by atoms with Crippen LogP contribution in [0.1, 0.15) is 91.6 Å². The summed E-state index contributed by atoms with van der Waals surface area (Å²) in [5.74, 6) is 0. The van der Waals surface area contributed by atoms with Crippen molar-refractivity contribution in [2.45, 2.75) is 80.4 Å². The number of aromatic nitrogens is 3. The molecule has 4 nitrogen and oxygen atoms in total. The van der Waals surface area contributed by atoms with Gasteiger partial charge >= 0.3 is 0 Å². The van der Waals surface area contributed by atoms with Crippen LogP contribution in [0.4, 0.5) is 0 Å². The summed E-state index contributed by atoms with van der Waals surface area (Å²) in [5.41, 5.74) is 10.3. The Balaban J connectivity index is 0.000000216. The number of benzene rings is 4. The molecule has 0 aliphatic rings. The van der Waals surface area contributed by atoms with Gasteiger partial charge in [0.2, 0.25) is 5.71 Å². The molecular formula is C52H51IrN3O-2. The van der Waals surface area contributed by atoms with E-state index in [0.29, 0.717) is 33.7 Å². The molecule has 0 saturated heterocycles. The number of nitrogens with zero attached hydrogens (tertiary/aromatic N) is 3. The molecule has 1 radical (unpaired) electrons. The molecular weight excluding hydrogens is 875 g/mol. The van der Waals surface area contributed by atoms with Crippen molar-refractivity contribution in [3.63, 3.8) is 0 Å². The van der Waals surface area contributed by atoms with Crippen molar-refractivity contribution < 1.29 is 35.5 Å². The average molecular weight is 934 g/mol. The number of pyridine rings is 3. The standard InChI is InChI=1S/C29H27N2O.C23H24N.Ir/c1-18-17-30-26(16-21(18)15-20-10-12-22(13-11-20)29(3,4)5)25-8-6-7-23-24-14-9-19(2)31-28(24)32-27(23)25;1-17-10-12-20(14-21(17)19-8-6-5-7-9-19)22-13-11-18(16-24-22)15-23(2,3)4;/h6-7,9-14,16-17H,15H2,1-5H3;5-11,13-14,16H,15H2,1-4H3;/q2*-1;/i2D3;1D3,15D2;. The predicted octanol–water partition coefficient (Wildman–Crippen LogP) is 13.5. The number of aryl methyl sites for hydroxylation is 3. The Hall–Kier alpha value is -5.22. The largest absolute Gasteiger partial charge is 0.486 e. The van der Waals surface area contributed by atoms with E-state index < -0.39 is 25.5 Å². The summed E-state index contributed by atoms with van der Waals surface area (Å²) in [4.78, 5) is 13.4. The molecule has 0 aliphatic heterocycles. The molecule has 0 atom stereocenters. The summed E-state index contributed by atoms with van der Waals surface area (Å²) in [6.45, 7) is 9.75. The Labute approximate surface area is 363 Å². The predicted molar refractivity (Wildman–Crippen MR) is 233 cm³/mol. The summed E-state index contributed by atoms with van der Waals surface area (Å²) in [5, 5.41) is 1.63. The minimum absolute atomic E-state index is 0. The molecule has 0 bridgehead atoms. The molecule has 4 heterocycles. The maximum Gasteiger partial charge on any atom is 0.216 e. The summed E-state index contributed by atoms with van der Waals surface area (Å²) in [6.07, 6.45) is 2.71. The first-order valence-electron chi connectivity index (χ1n) is 22.8. The first-order valence-corrected chi connectivity index (χ1v) is 18.8. The Bertz CT molecular complexity index is 2930. The molecule has 0 aliphatic carbocycles. The average Bonchev–Trinajstić information content (AvgIpc) is 3.62. The minimum atomic E-state index is -2.29. The maximum atomic E-state index is 8.39. The van der Waals surface area contributed by atoms with Gasteiger partial charge in [-0.25, -0.2) is 4.98 Å². The third-order valence-corrected chi connectivity index (χ3v) is 9.58. The monoisotopic (exact) mass is 934 g/mol. The molecule has 4 aromatic heterocycles. The molecule has 0 unspecified atom stereocenters. The van der Waals surface area contributed by atoms with Gasteiger partial charge in [-0.2, -0.15) is 0 Å². The number of hydrogen-bond donors (Lipinski definition) is 0. The number of furan rings is 1. The molecule has 8 rings (SSSR count). The van der Waals surface area contributed by atoms with Crippen molar-refractivity contribution in [2.75, 3.05) is 0 Å². The third-order valence-electron chi connectivity index (χ3n) is 9.58. The third kappa shape index (κ3) is 9.85. The van der Waals surface area contributed by atoms with Crippen molar-refractivity contribution >= 4 is 22.1 Å². The van der Waals surface area contributed by atoms with Crippen molar-refractivity contribution in [3.8, 4) is 33.6 Å². The van der Waals surface area contributed by atoms with E-state index in [1.807, 2.05) is 69.4 Å². The summed E-state index contributed by atoms with van der Waals surface area (Å²) in [7, 11) is 0. The van der Waals surface area contributed by atoms with Gasteiger partial charge in [-0.05, 0) is 94.3 Å². The maximum absolute atomic E-state index is 8.39. The second-order valence-corrected chi connectivity index (χ2v) is 16.2. The zero-order chi connectivity index (χ0) is 46.4. The van der Waals surface area contributed by atoms with E-state index in [1.54, 1.807) is 30.5 Å². The zero-order valence-corrected chi connectivity index (χ0v) is 35.7. The van der Waals surface area contributed by atoms with Crippen LogP contribution in [0, 0.1) is 38.2 Å². The fourth-order valence-electron chi connectivity index (χ4n) is 6.60. The fourth-order valence-corrected chi connectivity index (χ4v) is 6.60. The van der Waals surface area contributed by atoms with Gasteiger partial charge in [-0.15, -0.1) is 47.5 Å². The first-order chi connectivity index (χ1) is 29.9. The van der Waals surface area contributed by atoms with E-state index in [0.717, 1.165) is 39.6 Å². The molecule has 0 fully saturated rings. The van der Waals surface area contributed by atoms with Gasteiger partial charge in [0.1, 0.15) is 0 Å². The van der Waals surface area contributed by atoms with Gasteiger partial charge in [-0.3, -0.25) is 0 Å². The zero-order valence-electron chi connectivity index (χ0n) is 41.3. The van der Waals surface area contributed by atoms with Crippen LogP contribution < -0.4 is 0 Å². The molecule has 0 N–H and O–H groups in total. The topological polar surface area (TPSA) is 51.8 Å². The van der Waals surface area contributed by atoms with Crippen LogP contribution >= 0.6 is 0 Å². The first kappa shape index (κ1) is 31.8. The Morgan fingerprint density at radius 2 is 1.49 bits per heavy atom. The van der Waals surface area contributed by atoms with Crippen LogP contribution in [0.3, 0.4) is 0 Å². The molecule has 0 saturated carbocycles. The second-order valence-electron chi connectivity index (χ2n) is 16.2. The normalized spacial score (nSPS) is 14.4. The van der Waals surface area contributed by atoms with Crippen LogP contribution in [-0.4, -0.2) is 15.0 Å². The smallest absolute Gasteiger partial charge is 0.216 e. The van der Waals surface area contributed by atoms with Crippen molar-refractivity contribution in [1.29, 1.82) is 0 Å². The number of hydrogen-bond acceptors (Lipinski definition) is 4. The van der Waals surface area contributed by atoms with Gasteiger partial charge in [-0.1, -0.05) is 138 Å². The minimum Gasteiger partial charge on any atom is -0.486 e. The van der Waals surface area contributed by atoms with Crippen LogP contribution in [0.5, 0.6) is 0 Å². The van der Waals surface area contributed by atoms with Gasteiger partial charge in [0.25, 0.3) is 0 Å². The quantitative estimate of drug-likeness (QED) is 0.156. The molecule has 4 aromatic carbocycles. The molecule has 291 valence electrons. The Morgan fingerprint density at radius 1 is 0.737 bits per heavy atom. The van der Waals surface area contributed by atoms with Gasteiger partial charge < -0.3 is 14.4 Å². The second kappa shape index (κ2) is 17.1. The van der Waals surface area contributed by atoms with Crippen molar-refractivity contribution in [2.24, 2.45) is 5.41 Å². The van der Waals surface area contributed by atoms with E-state index in [-0.39, 0.29) is 36.8 Å². The summed E-state index contributed by atoms with van der Waals surface area (Å²) < 4.78 is 69.4. The number of fused-ring (bicyclic) bond motifs is 3. The molecule has 0 amide bonds. The van der Waals surface area contributed by atoms with Crippen LogP contribution in [0.25, 0.3) is 55.7 Å². The number of rotatable bonds is 6. The Morgan fingerprint density at radius 3 is 2.18 bits per heavy atom. The fraction of sp³-hybridized carbons (Fsp3) is 0.250. The van der Waals surface area contributed by atoms with Crippen molar-refractivity contribution in [1.82, 2.24) is 15.0 Å². The van der Waals surface area contributed by atoms with Crippen LogP contribution in [0.15, 0.2) is 126 Å². The SMILES string of the molecule is [2H]C([2H])([2H])c1c[c-]c(-c2ccc(C([2H])([2H])C(C)(C)C)cn2)cc1-c1ccccc1.[2H]C([2H])([2H])c1ccc2c(n1)oc1c(-c3cc(Cc4ccc(C(C)(C)C)cc4)c(C)cn3)[c-]ccc12.[Ir]. The van der Waals surface area contributed by atoms with Crippen LogP contribution in [-0.2, 0) is 38.3 Å². The summed E-state index contributed by atoms with van der Waals surface area (Å²) in [6, 6.07) is 40.4. The molecule has 57 heavy (non-hydrogen) atoms. The van der Waals surface area contributed by atoms with E-state index in [9.17, 15) is 0 Å². The van der Waals surface area contributed by atoms with Gasteiger partial charge in [0.15, 0.2) is 0 Å².